The van der Waals surface area contributed by atoms with Crippen molar-refractivity contribution in [3.05, 3.63) is 95.6 Å². The third-order valence-corrected chi connectivity index (χ3v) is 5.70. The van der Waals surface area contributed by atoms with Gasteiger partial charge in [0.1, 0.15) is 11.9 Å². The number of ether oxygens (including phenoxy) is 1. The fourth-order valence-electron chi connectivity index (χ4n) is 4.04. The van der Waals surface area contributed by atoms with Gasteiger partial charge in [-0.05, 0) is 43.0 Å². The molecule has 1 aliphatic heterocycles. The Labute approximate surface area is 184 Å². The largest absolute Gasteiger partial charge is 0.493 e. The molecule has 0 fully saturated rings. The normalized spacial score (nSPS) is 15.3. The van der Waals surface area contributed by atoms with E-state index in [-0.39, 0.29) is 12.1 Å². The Hall–Kier alpha value is -3.27. The molecular weight excluding hydrogens is 384 g/mol. The number of unbranched alkanes of at least 4 members (excludes halogenated alkanes) is 1. The summed E-state index contributed by atoms with van der Waals surface area (Å²) in [6.07, 6.45) is 3.69. The van der Waals surface area contributed by atoms with Gasteiger partial charge in [0, 0.05) is 17.8 Å². The molecule has 1 unspecified atom stereocenters. The summed E-state index contributed by atoms with van der Waals surface area (Å²) in [6, 6.07) is 26.3. The van der Waals surface area contributed by atoms with Crippen LogP contribution < -0.4 is 10.1 Å². The minimum absolute atomic E-state index is 0.0756. The van der Waals surface area contributed by atoms with E-state index in [0.717, 1.165) is 48.2 Å². The van der Waals surface area contributed by atoms with Crippen LogP contribution in [0.3, 0.4) is 0 Å². The van der Waals surface area contributed by atoms with Gasteiger partial charge in [0.05, 0.1) is 12.2 Å². The fraction of sp³-hybridized carbons (Fsp3) is 0.296. The first-order valence-corrected chi connectivity index (χ1v) is 11.2. The van der Waals surface area contributed by atoms with Crippen molar-refractivity contribution in [2.24, 2.45) is 0 Å². The highest BCUT2D eigenvalue weighted by Gasteiger charge is 2.33. The molecule has 0 saturated heterocycles. The number of nitrogens with one attached hydrogen (secondary N) is 1. The lowest BCUT2D eigenvalue weighted by molar-refractivity contribution is 0.0677. The van der Waals surface area contributed by atoms with Crippen LogP contribution in [0.4, 0.5) is 5.69 Å². The first-order chi connectivity index (χ1) is 15.3. The van der Waals surface area contributed by atoms with E-state index in [1.54, 1.807) is 0 Å². The van der Waals surface area contributed by atoms with Crippen molar-refractivity contribution >= 4 is 11.6 Å². The molecule has 4 nitrogen and oxygen atoms in total. The molecule has 0 radical (unpaired) electrons. The molecule has 1 heterocycles. The maximum absolute atomic E-state index is 13.3. The summed E-state index contributed by atoms with van der Waals surface area (Å²) < 4.78 is 6.21. The van der Waals surface area contributed by atoms with Crippen LogP contribution in [0.15, 0.2) is 78.9 Å². The number of aryl methyl sites for hydroxylation is 1. The Balaban J connectivity index is 1.52. The number of hydrogen-bond acceptors (Lipinski definition) is 3. The number of amides is 1. The van der Waals surface area contributed by atoms with Crippen LogP contribution in [0.25, 0.3) is 0 Å². The van der Waals surface area contributed by atoms with Crippen molar-refractivity contribution in [2.45, 2.75) is 38.8 Å². The number of rotatable bonds is 9. The predicted molar refractivity (Wildman–Crippen MR) is 125 cm³/mol. The smallest absolute Gasteiger partial charge is 0.257 e. The Bertz CT molecular complexity index is 1000. The van der Waals surface area contributed by atoms with Gasteiger partial charge >= 0.3 is 0 Å². The number of anilines is 1. The Morgan fingerprint density at radius 2 is 1.65 bits per heavy atom. The number of fused-ring (bicyclic) bond motifs is 1. The molecule has 160 valence electrons. The van der Waals surface area contributed by atoms with Gasteiger partial charge in [-0.2, -0.15) is 0 Å². The van der Waals surface area contributed by atoms with Crippen molar-refractivity contribution in [3.8, 4) is 5.75 Å². The summed E-state index contributed by atoms with van der Waals surface area (Å²) in [4.78, 5) is 15.2. The van der Waals surface area contributed by atoms with Crippen molar-refractivity contribution in [3.63, 3.8) is 0 Å². The van der Waals surface area contributed by atoms with Crippen LogP contribution in [0.5, 0.6) is 5.75 Å². The van der Waals surface area contributed by atoms with Gasteiger partial charge in [-0.3, -0.25) is 4.79 Å². The van der Waals surface area contributed by atoms with E-state index in [2.05, 4.69) is 42.6 Å². The molecular formula is C27H30N2O2. The van der Waals surface area contributed by atoms with E-state index in [9.17, 15) is 4.79 Å². The van der Waals surface area contributed by atoms with Crippen molar-refractivity contribution in [2.75, 3.05) is 18.5 Å². The van der Waals surface area contributed by atoms with Crippen molar-refractivity contribution in [1.29, 1.82) is 0 Å². The second-order valence-electron chi connectivity index (χ2n) is 7.92. The molecule has 1 atom stereocenters. The fourth-order valence-corrected chi connectivity index (χ4v) is 4.04. The van der Waals surface area contributed by atoms with E-state index >= 15 is 0 Å². The zero-order valence-corrected chi connectivity index (χ0v) is 18.1. The molecule has 0 saturated carbocycles. The minimum atomic E-state index is -0.237. The van der Waals surface area contributed by atoms with E-state index in [0.29, 0.717) is 13.2 Å². The molecule has 0 bridgehead atoms. The first-order valence-electron chi connectivity index (χ1n) is 11.2. The van der Waals surface area contributed by atoms with Crippen molar-refractivity contribution < 1.29 is 9.53 Å². The lowest BCUT2D eigenvalue weighted by Gasteiger charge is -2.38. The number of benzene rings is 3. The molecule has 4 heteroatoms. The van der Waals surface area contributed by atoms with E-state index in [1.807, 2.05) is 53.4 Å². The minimum Gasteiger partial charge on any atom is -0.493 e. The first kappa shape index (κ1) is 21.0. The second kappa shape index (κ2) is 10.2. The van der Waals surface area contributed by atoms with Gasteiger partial charge in [0.2, 0.25) is 0 Å². The molecule has 4 rings (SSSR count). The zero-order chi connectivity index (χ0) is 21.5. The number of para-hydroxylation sites is 2. The van der Waals surface area contributed by atoms with Crippen LogP contribution in [-0.2, 0) is 6.42 Å². The highest BCUT2D eigenvalue weighted by Crippen LogP contribution is 2.37. The Kier molecular flexibility index (Phi) is 6.88. The van der Waals surface area contributed by atoms with Crippen LogP contribution in [0, 0.1) is 0 Å². The topological polar surface area (TPSA) is 41.6 Å². The standard InChI is InChI=1S/C27H30N2O2/c1-2-3-19-29-26(28-24-17-9-7-15-22(24)27(29)30)23-16-8-10-18-25(23)31-20-11-14-21-12-5-4-6-13-21/h4-10,12-13,15-18,26,28H,2-3,11,14,19-20H2,1H3. The molecule has 3 aromatic carbocycles. The number of carbonyl (C=O) groups is 1. The lowest BCUT2D eigenvalue weighted by atomic mass is 10.0. The SMILES string of the molecule is CCCCN1C(=O)c2ccccc2NC1c1ccccc1OCCCc1ccccc1. The van der Waals surface area contributed by atoms with Gasteiger partial charge in [-0.25, -0.2) is 0 Å². The van der Waals surface area contributed by atoms with Crippen LogP contribution in [0.1, 0.15) is 53.8 Å². The summed E-state index contributed by atoms with van der Waals surface area (Å²) in [5.41, 5.74) is 3.93. The average molecular weight is 415 g/mol. The van der Waals surface area contributed by atoms with E-state index in [1.165, 1.54) is 5.56 Å². The number of hydrogen-bond donors (Lipinski definition) is 1. The summed E-state index contributed by atoms with van der Waals surface area (Å²) in [5, 5.41) is 3.58. The predicted octanol–water partition coefficient (Wildman–Crippen LogP) is 6.06. The molecule has 3 aromatic rings. The number of nitrogens with zero attached hydrogens (tertiary/aromatic N) is 1. The van der Waals surface area contributed by atoms with Gasteiger partial charge < -0.3 is 15.0 Å². The molecule has 0 aliphatic carbocycles. The quantitative estimate of drug-likeness (QED) is 0.432. The monoisotopic (exact) mass is 414 g/mol. The maximum atomic E-state index is 13.3. The molecule has 0 spiro atoms. The van der Waals surface area contributed by atoms with Gasteiger partial charge in [-0.1, -0.05) is 74.0 Å². The summed E-state index contributed by atoms with van der Waals surface area (Å²) in [6.45, 7) is 3.50. The lowest BCUT2D eigenvalue weighted by Crippen LogP contribution is -2.43. The van der Waals surface area contributed by atoms with Crippen LogP contribution in [0.2, 0.25) is 0 Å². The van der Waals surface area contributed by atoms with E-state index in [4.69, 9.17) is 4.74 Å². The molecule has 0 aromatic heterocycles. The second-order valence-corrected chi connectivity index (χ2v) is 7.92. The third kappa shape index (κ3) is 4.91. The van der Waals surface area contributed by atoms with Crippen LogP contribution in [-0.4, -0.2) is 24.0 Å². The van der Waals surface area contributed by atoms with Crippen LogP contribution >= 0.6 is 0 Å². The van der Waals surface area contributed by atoms with Gasteiger partial charge in [0.15, 0.2) is 0 Å². The summed E-state index contributed by atoms with van der Waals surface area (Å²) in [7, 11) is 0. The van der Waals surface area contributed by atoms with Gasteiger partial charge in [-0.15, -0.1) is 0 Å². The third-order valence-electron chi connectivity index (χ3n) is 5.70. The van der Waals surface area contributed by atoms with Gasteiger partial charge in [0.25, 0.3) is 5.91 Å². The maximum Gasteiger partial charge on any atom is 0.257 e. The molecule has 1 amide bonds. The highest BCUT2D eigenvalue weighted by molar-refractivity contribution is 6.01. The van der Waals surface area contributed by atoms with Crippen molar-refractivity contribution in [1.82, 2.24) is 4.90 Å². The molecule has 31 heavy (non-hydrogen) atoms. The molecule has 1 N–H and O–H groups in total. The Morgan fingerprint density at radius 3 is 2.48 bits per heavy atom. The molecule has 1 aliphatic rings. The van der Waals surface area contributed by atoms with E-state index < -0.39 is 0 Å². The summed E-state index contributed by atoms with van der Waals surface area (Å²) >= 11 is 0. The zero-order valence-electron chi connectivity index (χ0n) is 18.1. The highest BCUT2D eigenvalue weighted by atomic mass is 16.5. The summed E-state index contributed by atoms with van der Waals surface area (Å²) in [5.74, 6) is 0.911. The Morgan fingerprint density at radius 1 is 0.903 bits per heavy atom. The average Bonchev–Trinajstić information content (AvgIpc) is 2.82. The number of carbonyl (C=O) groups excluding carboxylic acids is 1.